The lowest BCUT2D eigenvalue weighted by molar-refractivity contribution is -0.139. The second kappa shape index (κ2) is 6.20. The quantitative estimate of drug-likeness (QED) is 0.910. The van der Waals surface area contributed by atoms with Gasteiger partial charge in [0.1, 0.15) is 11.8 Å². The van der Waals surface area contributed by atoms with Crippen LogP contribution in [0.15, 0.2) is 54.6 Å². The molecule has 0 saturated heterocycles. The summed E-state index contributed by atoms with van der Waals surface area (Å²) in [5.74, 6) is 0.0575. The van der Waals surface area contributed by atoms with Gasteiger partial charge in [0.25, 0.3) is 0 Å². The lowest BCUT2D eigenvalue weighted by Crippen LogP contribution is -2.37. The van der Waals surface area contributed by atoms with Crippen LogP contribution in [0.5, 0.6) is 5.75 Å². The maximum absolute atomic E-state index is 11.1. The van der Waals surface area contributed by atoms with Crippen molar-refractivity contribution in [2.45, 2.75) is 18.4 Å². The van der Waals surface area contributed by atoms with E-state index in [0.717, 1.165) is 11.3 Å². The molecule has 0 radical (unpaired) electrons. The topological polar surface area (TPSA) is 72.5 Å². The monoisotopic (exact) mass is 297 g/mol. The van der Waals surface area contributed by atoms with E-state index in [-0.39, 0.29) is 11.8 Å². The van der Waals surface area contributed by atoms with Crippen molar-refractivity contribution in [1.82, 2.24) is 0 Å². The molecule has 1 aliphatic rings. The van der Waals surface area contributed by atoms with E-state index in [1.165, 1.54) is 5.56 Å². The van der Waals surface area contributed by atoms with E-state index in [2.05, 4.69) is 12.1 Å². The molecule has 1 heterocycles. The van der Waals surface area contributed by atoms with Gasteiger partial charge in [0.15, 0.2) is 0 Å². The molecule has 3 atom stereocenters. The van der Waals surface area contributed by atoms with E-state index in [1.807, 2.05) is 42.5 Å². The molecule has 0 aliphatic carbocycles. The highest BCUT2D eigenvalue weighted by Gasteiger charge is 2.34. The number of carbonyl (C=O) groups is 1. The first-order valence-electron chi connectivity index (χ1n) is 7.42. The second-order valence-corrected chi connectivity index (χ2v) is 5.68. The van der Waals surface area contributed by atoms with Crippen molar-refractivity contribution in [2.75, 3.05) is 6.61 Å². The van der Waals surface area contributed by atoms with Crippen LogP contribution in [0.4, 0.5) is 0 Å². The van der Waals surface area contributed by atoms with Crippen LogP contribution in [-0.2, 0) is 4.79 Å². The Morgan fingerprint density at radius 3 is 2.59 bits per heavy atom. The molecule has 0 aromatic heterocycles. The number of ether oxygens (including phenoxy) is 1. The number of hydrogen-bond acceptors (Lipinski definition) is 3. The zero-order valence-corrected chi connectivity index (χ0v) is 12.2. The average Bonchev–Trinajstić information content (AvgIpc) is 2.55. The van der Waals surface area contributed by atoms with Crippen molar-refractivity contribution in [3.05, 3.63) is 65.7 Å². The van der Waals surface area contributed by atoms with Crippen LogP contribution in [-0.4, -0.2) is 23.7 Å². The summed E-state index contributed by atoms with van der Waals surface area (Å²) in [7, 11) is 0. The van der Waals surface area contributed by atoms with E-state index >= 15 is 0 Å². The molecule has 0 bridgehead atoms. The lowest BCUT2D eigenvalue weighted by atomic mass is 9.76. The molecule has 1 aliphatic heterocycles. The van der Waals surface area contributed by atoms with Gasteiger partial charge in [-0.2, -0.15) is 0 Å². The Morgan fingerprint density at radius 1 is 1.18 bits per heavy atom. The zero-order valence-electron chi connectivity index (χ0n) is 12.2. The maximum atomic E-state index is 11.1. The number of carboxylic acids is 1. The Morgan fingerprint density at radius 2 is 1.86 bits per heavy atom. The van der Waals surface area contributed by atoms with Crippen LogP contribution < -0.4 is 10.5 Å². The van der Waals surface area contributed by atoms with E-state index in [9.17, 15) is 4.79 Å². The van der Waals surface area contributed by atoms with Gasteiger partial charge in [0.05, 0.1) is 6.61 Å². The number of aliphatic carboxylic acids is 1. The first-order valence-corrected chi connectivity index (χ1v) is 7.42. The molecule has 0 saturated carbocycles. The Balaban J connectivity index is 1.98. The van der Waals surface area contributed by atoms with Gasteiger partial charge in [-0.15, -0.1) is 0 Å². The van der Waals surface area contributed by atoms with Gasteiger partial charge in [0.2, 0.25) is 0 Å². The van der Waals surface area contributed by atoms with Crippen molar-refractivity contribution in [3.63, 3.8) is 0 Å². The SMILES string of the molecule is NC(CC1COc2ccccc2C1c1ccccc1)C(=O)O. The van der Waals surface area contributed by atoms with Crippen LogP contribution in [0.1, 0.15) is 23.5 Å². The highest BCUT2D eigenvalue weighted by Crippen LogP contribution is 2.42. The predicted octanol–water partition coefficient (Wildman–Crippen LogP) is 2.63. The van der Waals surface area contributed by atoms with E-state index in [1.54, 1.807) is 0 Å². The summed E-state index contributed by atoms with van der Waals surface area (Å²) in [6, 6.07) is 17.2. The van der Waals surface area contributed by atoms with Crippen LogP contribution >= 0.6 is 0 Å². The van der Waals surface area contributed by atoms with Gasteiger partial charge >= 0.3 is 5.97 Å². The van der Waals surface area contributed by atoms with Crippen molar-refractivity contribution in [1.29, 1.82) is 0 Å². The molecule has 3 unspecified atom stereocenters. The predicted molar refractivity (Wildman–Crippen MR) is 83.9 cm³/mol. The number of nitrogens with two attached hydrogens (primary N) is 1. The van der Waals surface area contributed by atoms with Crippen LogP contribution in [0.2, 0.25) is 0 Å². The highest BCUT2D eigenvalue weighted by atomic mass is 16.5. The maximum Gasteiger partial charge on any atom is 0.320 e. The fourth-order valence-electron chi connectivity index (χ4n) is 3.16. The summed E-state index contributed by atoms with van der Waals surface area (Å²) in [6.45, 7) is 0.484. The summed E-state index contributed by atoms with van der Waals surface area (Å²) in [4.78, 5) is 11.1. The Kier molecular flexibility index (Phi) is 4.11. The van der Waals surface area contributed by atoms with Crippen molar-refractivity contribution in [3.8, 4) is 5.75 Å². The number of benzene rings is 2. The Labute approximate surface area is 129 Å². The van der Waals surface area contributed by atoms with Crippen molar-refractivity contribution < 1.29 is 14.6 Å². The molecule has 4 nitrogen and oxygen atoms in total. The molecule has 0 fully saturated rings. The molecule has 0 amide bonds. The molecule has 2 aromatic rings. The minimum absolute atomic E-state index is 0.0448. The number of rotatable bonds is 4. The third-order valence-corrected chi connectivity index (χ3v) is 4.21. The van der Waals surface area contributed by atoms with Crippen molar-refractivity contribution in [2.24, 2.45) is 11.7 Å². The second-order valence-electron chi connectivity index (χ2n) is 5.68. The summed E-state index contributed by atoms with van der Waals surface area (Å²) in [5, 5.41) is 9.10. The van der Waals surface area contributed by atoms with Crippen LogP contribution in [0.3, 0.4) is 0 Å². The van der Waals surface area contributed by atoms with Gasteiger partial charge in [-0.3, -0.25) is 4.79 Å². The summed E-state index contributed by atoms with van der Waals surface area (Å²) in [6.07, 6.45) is 0.392. The highest BCUT2D eigenvalue weighted by molar-refractivity contribution is 5.73. The molecular formula is C18H19NO3. The van der Waals surface area contributed by atoms with E-state index in [4.69, 9.17) is 15.6 Å². The normalized spacial score (nSPS) is 21.5. The standard InChI is InChI=1S/C18H19NO3/c19-15(18(20)21)10-13-11-22-16-9-5-4-8-14(16)17(13)12-6-2-1-3-7-12/h1-9,13,15,17H,10-11,19H2,(H,20,21). The first kappa shape index (κ1) is 14.6. The Bertz CT molecular complexity index is 656. The largest absolute Gasteiger partial charge is 0.493 e. The number of hydrogen-bond donors (Lipinski definition) is 2. The number of para-hydroxylation sites is 1. The molecular weight excluding hydrogens is 278 g/mol. The van der Waals surface area contributed by atoms with Gasteiger partial charge in [0, 0.05) is 17.4 Å². The zero-order chi connectivity index (χ0) is 15.5. The lowest BCUT2D eigenvalue weighted by Gasteiger charge is -2.34. The van der Waals surface area contributed by atoms with E-state index < -0.39 is 12.0 Å². The van der Waals surface area contributed by atoms with Crippen LogP contribution in [0.25, 0.3) is 0 Å². The third kappa shape index (κ3) is 2.83. The molecule has 2 aromatic carbocycles. The van der Waals surface area contributed by atoms with E-state index in [0.29, 0.717) is 13.0 Å². The van der Waals surface area contributed by atoms with Gasteiger partial charge in [-0.1, -0.05) is 48.5 Å². The fraction of sp³-hybridized carbons (Fsp3) is 0.278. The first-order chi connectivity index (χ1) is 10.7. The Hall–Kier alpha value is -2.33. The average molecular weight is 297 g/mol. The van der Waals surface area contributed by atoms with Gasteiger partial charge < -0.3 is 15.6 Å². The number of carboxylic acid groups (broad SMARTS) is 1. The van der Waals surface area contributed by atoms with Crippen molar-refractivity contribution >= 4 is 5.97 Å². The molecule has 0 spiro atoms. The van der Waals surface area contributed by atoms with Crippen LogP contribution in [0, 0.1) is 5.92 Å². The summed E-state index contributed by atoms with van der Waals surface area (Å²) < 4.78 is 5.82. The molecule has 114 valence electrons. The minimum atomic E-state index is -0.967. The molecule has 4 heteroatoms. The third-order valence-electron chi connectivity index (χ3n) is 4.21. The molecule has 22 heavy (non-hydrogen) atoms. The summed E-state index contributed by atoms with van der Waals surface area (Å²) >= 11 is 0. The minimum Gasteiger partial charge on any atom is -0.493 e. The fourth-order valence-corrected chi connectivity index (χ4v) is 3.16. The molecule has 3 rings (SSSR count). The van der Waals surface area contributed by atoms with Gasteiger partial charge in [-0.25, -0.2) is 0 Å². The number of fused-ring (bicyclic) bond motifs is 1. The molecule has 3 N–H and O–H groups in total. The smallest absolute Gasteiger partial charge is 0.320 e. The van der Waals surface area contributed by atoms with Gasteiger partial charge in [-0.05, 0) is 18.1 Å². The summed E-state index contributed by atoms with van der Waals surface area (Å²) in [5.41, 5.74) is 8.02.